The zero-order valence-corrected chi connectivity index (χ0v) is 31.2. The normalized spacial score (nSPS) is 14.9. The van der Waals surface area contributed by atoms with Crippen LogP contribution in [-0.4, -0.2) is 120 Å². The molecule has 0 aromatic heterocycles. The number of imide groups is 2. The maximum atomic E-state index is 13.4. The fourth-order valence-corrected chi connectivity index (χ4v) is 5.38. The highest BCUT2D eigenvalue weighted by atomic mass is 16.5. The number of carbonyl (C=O) groups is 11. The Morgan fingerprint density at radius 1 is 0.754 bits per heavy atom. The minimum atomic E-state index is -1.86. The van der Waals surface area contributed by atoms with Gasteiger partial charge in [-0.3, -0.25) is 62.5 Å². The molecule has 3 rings (SSSR count). The van der Waals surface area contributed by atoms with E-state index in [1.807, 2.05) is 0 Å². The van der Waals surface area contributed by atoms with Crippen molar-refractivity contribution in [3.8, 4) is 5.75 Å². The maximum absolute atomic E-state index is 13.4. The molecule has 2 aliphatic heterocycles. The van der Waals surface area contributed by atoms with Gasteiger partial charge in [0.25, 0.3) is 23.6 Å². The van der Waals surface area contributed by atoms with E-state index in [0.29, 0.717) is 12.0 Å². The maximum Gasteiger partial charge on any atom is 0.322 e. The lowest BCUT2D eigenvalue weighted by atomic mass is 10.1. The quantitative estimate of drug-likeness (QED) is 0.0303. The molecule has 0 aliphatic carbocycles. The number of nitrogens with two attached hydrogens (primary N) is 2. The standard InChI is InChI=1S/C36H44N8O13/c1-3-5-31(52)57-23-8-7-20(18-21(37)36(55)56-2)19-22(23)40-24(45)6-4-15-39-35(54)33(42-26(47)14-17-44-29(50)11-12-30(44)51)32(34(38)53)41-25(46)13-16-43-27(48)9-10-28(43)49/h7-12,19,21,32-33H,3-6,13-18,37H2,1-2H3,(H2,38,53)(H,39,54)(H,40,45)(H,41,46)(H,42,47)/t21-,32?,33?/m0/s1. The largest absolute Gasteiger partial charge is 0.468 e. The number of hydrogen-bond donors (Lipinski definition) is 6. The lowest BCUT2D eigenvalue weighted by molar-refractivity contribution is -0.142. The summed E-state index contributed by atoms with van der Waals surface area (Å²) >= 11 is 0. The summed E-state index contributed by atoms with van der Waals surface area (Å²) in [5.41, 5.74) is 12.0. The van der Waals surface area contributed by atoms with Gasteiger partial charge in [-0.05, 0) is 37.0 Å². The van der Waals surface area contributed by atoms with Crippen molar-refractivity contribution in [1.82, 2.24) is 25.8 Å². The second-order valence-corrected chi connectivity index (χ2v) is 12.6. The number of rotatable bonds is 22. The lowest BCUT2D eigenvalue weighted by Crippen LogP contribution is -2.63. The molecule has 57 heavy (non-hydrogen) atoms. The van der Waals surface area contributed by atoms with Crippen molar-refractivity contribution in [1.29, 1.82) is 0 Å². The number of primary amides is 1. The van der Waals surface area contributed by atoms with Gasteiger partial charge in [-0.15, -0.1) is 0 Å². The van der Waals surface area contributed by atoms with E-state index in [9.17, 15) is 52.7 Å². The monoisotopic (exact) mass is 796 g/mol. The van der Waals surface area contributed by atoms with Gasteiger partial charge in [0.1, 0.15) is 18.1 Å². The van der Waals surface area contributed by atoms with Crippen molar-refractivity contribution < 1.29 is 62.2 Å². The van der Waals surface area contributed by atoms with Crippen LogP contribution in [0.5, 0.6) is 5.75 Å². The molecule has 1 aromatic rings. The van der Waals surface area contributed by atoms with Crippen LogP contribution < -0.4 is 37.5 Å². The Morgan fingerprint density at radius 2 is 1.30 bits per heavy atom. The van der Waals surface area contributed by atoms with E-state index in [1.165, 1.54) is 19.2 Å². The number of ether oxygens (including phenoxy) is 2. The molecule has 8 N–H and O–H groups in total. The van der Waals surface area contributed by atoms with Gasteiger partial charge in [-0.2, -0.15) is 0 Å². The fraction of sp³-hybridized carbons (Fsp3) is 0.417. The predicted octanol–water partition coefficient (Wildman–Crippen LogP) is -2.65. The molecular weight excluding hydrogens is 752 g/mol. The first kappa shape index (κ1) is 44.6. The van der Waals surface area contributed by atoms with Crippen molar-refractivity contribution in [3.63, 3.8) is 0 Å². The summed E-state index contributed by atoms with van der Waals surface area (Å²) in [6.45, 7) is 0.829. The Balaban J connectivity index is 1.68. The van der Waals surface area contributed by atoms with Gasteiger partial charge in [0.05, 0.1) is 12.8 Å². The molecular formula is C36H44N8O13. The predicted molar refractivity (Wildman–Crippen MR) is 196 cm³/mol. The minimum Gasteiger partial charge on any atom is -0.468 e. The zero-order valence-electron chi connectivity index (χ0n) is 31.2. The first-order valence-corrected chi connectivity index (χ1v) is 17.7. The zero-order chi connectivity index (χ0) is 42.2. The molecule has 1 aromatic carbocycles. The van der Waals surface area contributed by atoms with Gasteiger partial charge >= 0.3 is 11.9 Å². The topological polar surface area (TPSA) is 313 Å². The molecule has 2 aliphatic rings. The van der Waals surface area contributed by atoms with Crippen molar-refractivity contribution in [2.75, 3.05) is 32.1 Å². The number of nitrogens with one attached hydrogen (secondary N) is 4. The molecule has 21 heteroatoms. The highest BCUT2D eigenvalue weighted by molar-refractivity contribution is 6.13. The highest BCUT2D eigenvalue weighted by Crippen LogP contribution is 2.27. The molecule has 3 atom stereocenters. The van der Waals surface area contributed by atoms with Crippen molar-refractivity contribution >= 4 is 70.8 Å². The van der Waals surface area contributed by atoms with E-state index in [2.05, 4.69) is 26.0 Å². The number of anilines is 1. The molecule has 2 unspecified atom stereocenters. The van der Waals surface area contributed by atoms with E-state index in [1.54, 1.807) is 13.0 Å². The van der Waals surface area contributed by atoms with Crippen LogP contribution in [0.4, 0.5) is 5.69 Å². The second kappa shape index (κ2) is 21.4. The first-order valence-electron chi connectivity index (χ1n) is 17.7. The summed E-state index contributed by atoms with van der Waals surface area (Å²) in [7, 11) is 1.19. The number of amides is 9. The van der Waals surface area contributed by atoms with E-state index >= 15 is 0 Å². The molecule has 0 bridgehead atoms. The van der Waals surface area contributed by atoms with Crippen LogP contribution in [0, 0.1) is 0 Å². The number of methoxy groups -OCH3 is 1. The summed E-state index contributed by atoms with van der Waals surface area (Å²) in [5.74, 6) is -8.49. The molecule has 0 saturated carbocycles. The summed E-state index contributed by atoms with van der Waals surface area (Å²) in [4.78, 5) is 138. The third-order valence-electron chi connectivity index (χ3n) is 8.32. The molecule has 306 valence electrons. The second-order valence-electron chi connectivity index (χ2n) is 12.6. The smallest absolute Gasteiger partial charge is 0.322 e. The summed E-state index contributed by atoms with van der Waals surface area (Å²) in [6, 6.07) is -0.233. The Labute approximate surface area is 325 Å². The Kier molecular flexibility index (Phi) is 16.7. The van der Waals surface area contributed by atoms with Gasteiger partial charge in [-0.25, -0.2) is 0 Å². The van der Waals surface area contributed by atoms with Crippen molar-refractivity contribution in [2.24, 2.45) is 11.5 Å². The number of nitrogens with zero attached hydrogens (tertiary/aromatic N) is 2. The first-order chi connectivity index (χ1) is 27.0. The van der Waals surface area contributed by atoms with Crippen LogP contribution >= 0.6 is 0 Å². The molecule has 0 radical (unpaired) electrons. The third-order valence-corrected chi connectivity index (χ3v) is 8.32. The van der Waals surface area contributed by atoms with E-state index in [4.69, 9.17) is 16.2 Å². The van der Waals surface area contributed by atoms with Gasteiger partial charge in [0.15, 0.2) is 5.75 Å². The molecule has 21 nitrogen and oxygen atoms in total. The molecule has 2 heterocycles. The Hall–Kier alpha value is -6.77. The van der Waals surface area contributed by atoms with E-state index in [0.717, 1.165) is 34.1 Å². The average Bonchev–Trinajstić information content (AvgIpc) is 3.66. The molecule has 0 saturated heterocycles. The molecule has 0 fully saturated rings. The van der Waals surface area contributed by atoms with Crippen molar-refractivity contribution in [2.45, 2.75) is 70.0 Å². The number of hydrogen-bond acceptors (Lipinski definition) is 14. The highest BCUT2D eigenvalue weighted by Gasteiger charge is 2.36. The van der Waals surface area contributed by atoms with Crippen LogP contribution in [0.15, 0.2) is 42.5 Å². The number of benzene rings is 1. The summed E-state index contributed by atoms with van der Waals surface area (Å²) in [5, 5.41) is 9.61. The van der Waals surface area contributed by atoms with Crippen LogP contribution in [-0.2, 0) is 63.9 Å². The van der Waals surface area contributed by atoms with Gasteiger partial charge in [0, 0.05) is 69.6 Å². The third kappa shape index (κ3) is 13.5. The van der Waals surface area contributed by atoms with Gasteiger partial charge in [-0.1, -0.05) is 13.0 Å². The molecule has 0 spiro atoms. The van der Waals surface area contributed by atoms with E-state index in [-0.39, 0.29) is 56.8 Å². The number of carbonyl (C=O) groups excluding carboxylic acids is 11. The van der Waals surface area contributed by atoms with Crippen LogP contribution in [0.25, 0.3) is 0 Å². The number of esters is 2. The molecule has 9 amide bonds. The van der Waals surface area contributed by atoms with Crippen LogP contribution in [0.3, 0.4) is 0 Å². The fourth-order valence-electron chi connectivity index (χ4n) is 5.38. The summed E-state index contributed by atoms with van der Waals surface area (Å²) < 4.78 is 10.1. The van der Waals surface area contributed by atoms with Gasteiger partial charge in [0.2, 0.25) is 29.5 Å². The summed E-state index contributed by atoms with van der Waals surface area (Å²) in [6.07, 6.45) is 3.48. The van der Waals surface area contributed by atoms with Crippen molar-refractivity contribution in [3.05, 3.63) is 48.1 Å². The van der Waals surface area contributed by atoms with Crippen LogP contribution in [0.2, 0.25) is 0 Å². The Morgan fingerprint density at radius 3 is 1.81 bits per heavy atom. The Bertz CT molecular complexity index is 1820. The minimum absolute atomic E-state index is 0.0121. The lowest BCUT2D eigenvalue weighted by Gasteiger charge is -2.26. The average molecular weight is 797 g/mol. The van der Waals surface area contributed by atoms with E-state index < -0.39 is 96.1 Å². The SMILES string of the molecule is CCCC(=O)Oc1ccc(C[C@H](N)C(=O)OC)cc1NC(=O)CCCNC(=O)C(NC(=O)CCN1C(=O)C=CC1=O)C(NC(=O)CCN1C(=O)C=CC1=O)C(N)=O. The van der Waals surface area contributed by atoms with Gasteiger partial charge < -0.3 is 42.2 Å². The van der Waals surface area contributed by atoms with Crippen LogP contribution in [0.1, 0.15) is 51.0 Å².